The second-order valence-electron chi connectivity index (χ2n) is 11.2. The van der Waals surface area contributed by atoms with Crippen molar-refractivity contribution in [1.82, 2.24) is 0 Å². The van der Waals surface area contributed by atoms with Gasteiger partial charge in [0.25, 0.3) is 0 Å². The van der Waals surface area contributed by atoms with Gasteiger partial charge in [0.15, 0.2) is 5.78 Å². The fraction of sp³-hybridized carbons (Fsp3) is 0.297. The molecule has 5 rings (SSSR count). The molecule has 210 valence electrons. The summed E-state index contributed by atoms with van der Waals surface area (Å²) >= 11 is 0. The molecule has 0 heterocycles. The third kappa shape index (κ3) is 7.13. The SMILES string of the molecule is CCCCC[C@H]1CC[C@H](c2ccc(-c3ccc(C(=O)Oc4ccc(C(=O)c5ccccc5)c(O)c4)cc3)cc2)CC1. The van der Waals surface area contributed by atoms with E-state index < -0.39 is 5.97 Å². The van der Waals surface area contributed by atoms with Gasteiger partial charge in [-0.1, -0.05) is 99.3 Å². The van der Waals surface area contributed by atoms with Crippen molar-refractivity contribution in [2.24, 2.45) is 5.92 Å². The molecule has 0 aromatic heterocycles. The third-order valence-electron chi connectivity index (χ3n) is 8.36. The number of hydrogen-bond donors (Lipinski definition) is 1. The minimum atomic E-state index is -0.529. The van der Waals surface area contributed by atoms with Crippen molar-refractivity contribution in [1.29, 1.82) is 0 Å². The fourth-order valence-corrected chi connectivity index (χ4v) is 5.89. The van der Waals surface area contributed by atoms with Crippen LogP contribution < -0.4 is 4.74 Å². The highest BCUT2D eigenvalue weighted by Crippen LogP contribution is 2.38. The van der Waals surface area contributed by atoms with Crippen molar-refractivity contribution >= 4 is 11.8 Å². The van der Waals surface area contributed by atoms with Gasteiger partial charge in [0.2, 0.25) is 0 Å². The smallest absolute Gasteiger partial charge is 0.343 e. The standard InChI is InChI=1S/C37H38O4/c1-2-3-5-8-26-11-13-27(14-12-26)28-15-17-29(18-16-28)30-19-21-32(22-20-30)37(40)41-33-23-24-34(35(38)25-33)36(39)31-9-6-4-7-10-31/h4,6-7,9-10,15-27,38H,2-3,5,8,11-14H2,1H3/t26-,27-. The average molecular weight is 547 g/mol. The van der Waals surface area contributed by atoms with Crippen LogP contribution in [-0.2, 0) is 0 Å². The molecule has 41 heavy (non-hydrogen) atoms. The summed E-state index contributed by atoms with van der Waals surface area (Å²) in [5, 5.41) is 10.4. The van der Waals surface area contributed by atoms with Gasteiger partial charge in [-0.2, -0.15) is 0 Å². The van der Waals surface area contributed by atoms with Crippen molar-refractivity contribution in [3.63, 3.8) is 0 Å². The van der Waals surface area contributed by atoms with Crippen LogP contribution in [0.15, 0.2) is 97.1 Å². The van der Waals surface area contributed by atoms with E-state index in [-0.39, 0.29) is 22.8 Å². The van der Waals surface area contributed by atoms with Crippen LogP contribution in [0.2, 0.25) is 0 Å². The van der Waals surface area contributed by atoms with Crippen LogP contribution in [0, 0.1) is 5.92 Å². The molecule has 1 aliphatic carbocycles. The summed E-state index contributed by atoms with van der Waals surface area (Å²) in [4.78, 5) is 25.4. The number of phenolic OH excluding ortho intramolecular Hbond substituents is 1. The molecule has 4 aromatic carbocycles. The number of unbranched alkanes of at least 4 members (excludes halogenated alkanes) is 2. The highest BCUT2D eigenvalue weighted by atomic mass is 16.5. The molecule has 4 nitrogen and oxygen atoms in total. The van der Waals surface area contributed by atoms with Crippen molar-refractivity contribution < 1.29 is 19.4 Å². The summed E-state index contributed by atoms with van der Waals surface area (Å²) < 4.78 is 5.47. The van der Waals surface area contributed by atoms with Crippen molar-refractivity contribution in [3.05, 3.63) is 119 Å². The van der Waals surface area contributed by atoms with E-state index >= 15 is 0 Å². The third-order valence-corrected chi connectivity index (χ3v) is 8.36. The number of hydrogen-bond acceptors (Lipinski definition) is 4. The minimum absolute atomic E-state index is 0.154. The van der Waals surface area contributed by atoms with Gasteiger partial charge in [-0.15, -0.1) is 0 Å². The Morgan fingerprint density at radius 2 is 1.41 bits per heavy atom. The molecule has 1 saturated carbocycles. The quantitative estimate of drug-likeness (QED) is 0.0931. The highest BCUT2D eigenvalue weighted by molar-refractivity contribution is 6.10. The number of benzene rings is 4. The Bertz CT molecular complexity index is 1450. The van der Waals surface area contributed by atoms with E-state index in [9.17, 15) is 14.7 Å². The van der Waals surface area contributed by atoms with E-state index in [1.54, 1.807) is 36.4 Å². The largest absolute Gasteiger partial charge is 0.507 e. The highest BCUT2D eigenvalue weighted by Gasteiger charge is 2.22. The molecule has 0 radical (unpaired) electrons. The van der Waals surface area contributed by atoms with E-state index in [0.29, 0.717) is 17.0 Å². The van der Waals surface area contributed by atoms with Crippen LogP contribution >= 0.6 is 0 Å². The van der Waals surface area contributed by atoms with Crippen molar-refractivity contribution in [3.8, 4) is 22.6 Å². The Kier molecular flexibility index (Phi) is 9.30. The summed E-state index contributed by atoms with van der Waals surface area (Å²) in [5.41, 5.74) is 4.62. The maximum Gasteiger partial charge on any atom is 0.343 e. The van der Waals surface area contributed by atoms with Crippen LogP contribution in [0.5, 0.6) is 11.5 Å². The van der Waals surface area contributed by atoms with Gasteiger partial charge < -0.3 is 9.84 Å². The number of carbonyl (C=O) groups excluding carboxylic acids is 2. The molecule has 0 atom stereocenters. The number of phenols is 1. The van der Waals surface area contributed by atoms with Gasteiger partial charge in [-0.25, -0.2) is 4.79 Å². The Labute approximate surface area is 243 Å². The predicted molar refractivity (Wildman–Crippen MR) is 164 cm³/mol. The zero-order chi connectivity index (χ0) is 28.6. The van der Waals surface area contributed by atoms with Gasteiger partial charge in [0.1, 0.15) is 11.5 Å². The Morgan fingerprint density at radius 1 is 0.756 bits per heavy atom. The molecule has 0 amide bonds. The number of rotatable bonds is 10. The molecule has 0 saturated heterocycles. The summed E-state index contributed by atoms with van der Waals surface area (Å²) in [5.74, 6) is 0.688. The van der Waals surface area contributed by atoms with E-state index in [1.165, 1.54) is 75.1 Å². The molecular formula is C37H38O4. The Morgan fingerprint density at radius 3 is 2.05 bits per heavy atom. The first kappa shape index (κ1) is 28.4. The van der Waals surface area contributed by atoms with Gasteiger partial charge in [0, 0.05) is 11.6 Å². The van der Waals surface area contributed by atoms with E-state index in [0.717, 1.165) is 17.0 Å². The van der Waals surface area contributed by atoms with E-state index in [1.807, 2.05) is 18.2 Å². The second kappa shape index (κ2) is 13.5. The molecule has 1 fully saturated rings. The van der Waals surface area contributed by atoms with Crippen LogP contribution in [0.1, 0.15) is 96.1 Å². The fourth-order valence-electron chi connectivity index (χ4n) is 5.89. The van der Waals surface area contributed by atoms with Crippen LogP contribution in [0.4, 0.5) is 0 Å². The lowest BCUT2D eigenvalue weighted by atomic mass is 9.77. The summed E-state index contributed by atoms with van der Waals surface area (Å²) in [6, 6.07) is 29.2. The van der Waals surface area contributed by atoms with Crippen LogP contribution in [0.25, 0.3) is 11.1 Å². The normalized spacial score (nSPS) is 16.7. The molecule has 1 N–H and O–H groups in total. The average Bonchev–Trinajstić information content (AvgIpc) is 3.02. The van der Waals surface area contributed by atoms with Gasteiger partial charge in [-0.05, 0) is 78.5 Å². The summed E-state index contributed by atoms with van der Waals surface area (Å²) in [7, 11) is 0. The molecule has 4 heteroatoms. The lowest BCUT2D eigenvalue weighted by Crippen LogP contribution is -2.13. The molecule has 1 aliphatic rings. The first-order valence-electron chi connectivity index (χ1n) is 14.9. The molecular weight excluding hydrogens is 508 g/mol. The topological polar surface area (TPSA) is 63.6 Å². The maximum absolute atomic E-state index is 12.8. The first-order valence-corrected chi connectivity index (χ1v) is 14.9. The first-order chi connectivity index (χ1) is 20.0. The number of esters is 1. The van der Waals surface area contributed by atoms with E-state index in [2.05, 4.69) is 31.2 Å². The van der Waals surface area contributed by atoms with Gasteiger partial charge in [-0.3, -0.25) is 4.79 Å². The molecule has 0 spiro atoms. The van der Waals surface area contributed by atoms with Crippen molar-refractivity contribution in [2.45, 2.75) is 64.2 Å². The Balaban J connectivity index is 1.17. The molecule has 0 bridgehead atoms. The molecule has 4 aromatic rings. The number of ether oxygens (including phenoxy) is 1. The van der Waals surface area contributed by atoms with Crippen LogP contribution in [0.3, 0.4) is 0 Å². The lowest BCUT2D eigenvalue weighted by molar-refractivity contribution is 0.0734. The predicted octanol–water partition coefficient (Wildman–Crippen LogP) is 9.36. The van der Waals surface area contributed by atoms with Gasteiger partial charge in [0.05, 0.1) is 11.1 Å². The number of carbonyl (C=O) groups is 2. The van der Waals surface area contributed by atoms with E-state index in [4.69, 9.17) is 4.74 Å². The number of ketones is 1. The maximum atomic E-state index is 12.8. The summed E-state index contributed by atoms with van der Waals surface area (Å²) in [6.07, 6.45) is 10.7. The summed E-state index contributed by atoms with van der Waals surface area (Å²) in [6.45, 7) is 2.27. The molecule has 0 unspecified atom stereocenters. The monoisotopic (exact) mass is 546 g/mol. The molecule has 0 aliphatic heterocycles. The zero-order valence-corrected chi connectivity index (χ0v) is 23.7. The minimum Gasteiger partial charge on any atom is -0.507 e. The van der Waals surface area contributed by atoms with Crippen LogP contribution in [-0.4, -0.2) is 16.9 Å². The second-order valence-corrected chi connectivity index (χ2v) is 11.2. The Hall–Kier alpha value is -4.18. The van der Waals surface area contributed by atoms with Gasteiger partial charge >= 0.3 is 5.97 Å². The zero-order valence-electron chi connectivity index (χ0n) is 23.7. The lowest BCUT2D eigenvalue weighted by Gasteiger charge is -2.29. The van der Waals surface area contributed by atoms with Crippen molar-refractivity contribution in [2.75, 3.05) is 0 Å². The number of aromatic hydroxyl groups is 1.